The van der Waals surface area contributed by atoms with Crippen molar-refractivity contribution in [3.05, 3.63) is 77.6 Å². The normalized spacial score (nSPS) is 24.5. The van der Waals surface area contributed by atoms with Gasteiger partial charge in [0.2, 0.25) is 5.91 Å². The number of likely N-dealkylation sites (N-methyl/N-ethyl adjacent to an activating group) is 1. The fourth-order valence-electron chi connectivity index (χ4n) is 4.45. The molecule has 0 bridgehead atoms. The zero-order valence-electron chi connectivity index (χ0n) is 18.8. The fourth-order valence-corrected chi connectivity index (χ4v) is 4.45. The quantitative estimate of drug-likeness (QED) is 0.645. The Morgan fingerprint density at radius 1 is 1.03 bits per heavy atom. The van der Waals surface area contributed by atoms with Crippen molar-refractivity contribution in [3.63, 3.8) is 0 Å². The second-order valence-corrected chi connectivity index (χ2v) is 8.37. The molecule has 0 aromatic heterocycles. The summed E-state index contributed by atoms with van der Waals surface area (Å²) in [5, 5.41) is 0. The number of carbonyl (C=O) groups is 2. The Balaban J connectivity index is 1.85. The third-order valence-corrected chi connectivity index (χ3v) is 6.38. The van der Waals surface area contributed by atoms with Crippen LogP contribution in [-0.2, 0) is 14.3 Å². The number of amides is 1. The number of nitrogens with zero attached hydrogens (tertiary/aromatic N) is 3. The molecule has 1 saturated heterocycles. The topological polar surface area (TPSA) is 62.2 Å². The van der Waals surface area contributed by atoms with Crippen LogP contribution in [0.15, 0.2) is 71.4 Å². The van der Waals surface area contributed by atoms with Crippen LogP contribution < -0.4 is 4.90 Å². The summed E-state index contributed by atoms with van der Waals surface area (Å²) in [5.74, 6) is -0.349. The molecule has 0 radical (unpaired) electrons. The summed E-state index contributed by atoms with van der Waals surface area (Å²) in [6.07, 6.45) is 3.27. The summed E-state index contributed by atoms with van der Waals surface area (Å²) in [5.41, 5.74) is 4.03. The van der Waals surface area contributed by atoms with E-state index in [0.717, 1.165) is 41.8 Å². The molecule has 2 aliphatic heterocycles. The van der Waals surface area contributed by atoms with Crippen molar-refractivity contribution in [3.8, 4) is 0 Å². The number of carbonyl (C=O) groups excluding carboxylic acids is 2. The second kappa shape index (κ2) is 9.49. The van der Waals surface area contributed by atoms with Gasteiger partial charge >= 0.3 is 5.97 Å². The number of hydrogen-bond donors (Lipinski definition) is 0. The lowest BCUT2D eigenvalue weighted by atomic mass is 9.99. The number of anilines is 1. The van der Waals surface area contributed by atoms with E-state index in [1.807, 2.05) is 68.6 Å². The number of rotatable bonds is 1. The molecule has 32 heavy (non-hydrogen) atoms. The minimum atomic E-state index is -0.415. The molecule has 0 N–H and O–H groups in total. The van der Waals surface area contributed by atoms with Gasteiger partial charge in [0, 0.05) is 24.2 Å². The third-order valence-electron chi connectivity index (χ3n) is 6.38. The van der Waals surface area contributed by atoms with Crippen molar-refractivity contribution in [2.24, 2.45) is 4.99 Å². The van der Waals surface area contributed by atoms with Gasteiger partial charge < -0.3 is 9.64 Å². The van der Waals surface area contributed by atoms with Gasteiger partial charge in [-0.3, -0.25) is 14.7 Å². The minimum Gasteiger partial charge on any atom is -0.433 e. The predicted molar refractivity (Wildman–Crippen MR) is 126 cm³/mol. The lowest BCUT2D eigenvalue weighted by Crippen LogP contribution is -2.48. The standard InChI is InChI=1S/C26H29N3O3/c1-18-17-32-24(30)16-27-25(20-10-5-4-6-11-20)21-12-7-8-13-22(21)28(3)26(31)23-14-9-15-29(23)19(18)2/h4-8,10-13,17,19,23H,9,14-16H2,1-3H3/b18-17+,27-25?/t19?,23-/m1/s1. The summed E-state index contributed by atoms with van der Waals surface area (Å²) in [6, 6.07) is 17.2. The van der Waals surface area contributed by atoms with E-state index in [9.17, 15) is 9.59 Å². The zero-order valence-corrected chi connectivity index (χ0v) is 18.8. The average molecular weight is 432 g/mol. The van der Waals surface area contributed by atoms with E-state index in [1.54, 1.807) is 4.90 Å². The lowest BCUT2D eigenvalue weighted by molar-refractivity contribution is -0.136. The van der Waals surface area contributed by atoms with Crippen molar-refractivity contribution in [2.45, 2.75) is 38.8 Å². The number of aliphatic imine (C=N–C) groups is 1. The number of para-hydroxylation sites is 1. The molecule has 2 aromatic rings. The van der Waals surface area contributed by atoms with Crippen LogP contribution >= 0.6 is 0 Å². The predicted octanol–water partition coefficient (Wildman–Crippen LogP) is 3.80. The third kappa shape index (κ3) is 4.36. The fraction of sp³-hybridized carbons (Fsp3) is 0.346. The Bertz CT molecular complexity index is 1060. The van der Waals surface area contributed by atoms with Gasteiger partial charge in [-0.25, -0.2) is 4.79 Å². The minimum absolute atomic E-state index is 0.00536. The number of esters is 1. The molecule has 0 aliphatic carbocycles. The van der Waals surface area contributed by atoms with Gasteiger partial charge in [-0.05, 0) is 44.9 Å². The summed E-state index contributed by atoms with van der Waals surface area (Å²) in [6.45, 7) is 4.71. The number of ether oxygens (including phenoxy) is 1. The molecule has 2 aliphatic rings. The summed E-state index contributed by atoms with van der Waals surface area (Å²) >= 11 is 0. The first-order chi connectivity index (χ1) is 15.5. The van der Waals surface area contributed by atoms with Gasteiger partial charge in [-0.1, -0.05) is 48.5 Å². The van der Waals surface area contributed by atoms with E-state index in [4.69, 9.17) is 4.74 Å². The maximum atomic E-state index is 13.6. The van der Waals surface area contributed by atoms with E-state index in [1.165, 1.54) is 6.26 Å². The van der Waals surface area contributed by atoms with E-state index in [-0.39, 0.29) is 24.5 Å². The van der Waals surface area contributed by atoms with Crippen molar-refractivity contribution in [1.29, 1.82) is 0 Å². The zero-order chi connectivity index (χ0) is 22.7. The Morgan fingerprint density at radius 2 is 1.75 bits per heavy atom. The molecule has 1 amide bonds. The summed E-state index contributed by atoms with van der Waals surface area (Å²) in [7, 11) is 1.83. The molecule has 2 heterocycles. The van der Waals surface area contributed by atoms with Crippen molar-refractivity contribution >= 4 is 23.3 Å². The van der Waals surface area contributed by atoms with Crippen molar-refractivity contribution in [2.75, 3.05) is 25.0 Å². The Hall–Kier alpha value is -3.25. The van der Waals surface area contributed by atoms with Crippen LogP contribution in [0.3, 0.4) is 0 Å². The highest BCUT2D eigenvalue weighted by Gasteiger charge is 2.36. The highest BCUT2D eigenvalue weighted by molar-refractivity contribution is 6.18. The second-order valence-electron chi connectivity index (χ2n) is 8.37. The van der Waals surface area contributed by atoms with Crippen LogP contribution in [0.4, 0.5) is 5.69 Å². The van der Waals surface area contributed by atoms with Crippen LogP contribution in [-0.4, -0.2) is 54.7 Å². The molecule has 0 spiro atoms. The van der Waals surface area contributed by atoms with Crippen LogP contribution in [0.25, 0.3) is 0 Å². The molecule has 0 saturated carbocycles. The monoisotopic (exact) mass is 431 g/mol. The molecule has 6 nitrogen and oxygen atoms in total. The maximum absolute atomic E-state index is 13.6. The summed E-state index contributed by atoms with van der Waals surface area (Å²) < 4.78 is 5.41. The molecule has 1 fully saturated rings. The van der Waals surface area contributed by atoms with Gasteiger partial charge in [-0.15, -0.1) is 0 Å². The van der Waals surface area contributed by atoms with Gasteiger partial charge in [0.15, 0.2) is 0 Å². The average Bonchev–Trinajstić information content (AvgIpc) is 3.31. The number of benzene rings is 2. The van der Waals surface area contributed by atoms with E-state index >= 15 is 0 Å². The molecular formula is C26H29N3O3. The van der Waals surface area contributed by atoms with Crippen molar-refractivity contribution < 1.29 is 14.3 Å². The SMILES string of the molecule is C/C1=C\OC(=O)CN=C(c2ccccc2)c2ccccc2N(C)C(=O)[C@H]2CCCN2C1C. The van der Waals surface area contributed by atoms with E-state index in [0.29, 0.717) is 5.71 Å². The number of cyclic esters (lactones) is 1. The first kappa shape index (κ1) is 22.0. The highest BCUT2D eigenvalue weighted by atomic mass is 16.5. The van der Waals surface area contributed by atoms with E-state index < -0.39 is 5.97 Å². The molecule has 1 unspecified atom stereocenters. The van der Waals surface area contributed by atoms with E-state index in [2.05, 4.69) is 16.8 Å². The molecule has 2 aromatic carbocycles. The first-order valence-corrected chi connectivity index (χ1v) is 11.1. The Labute approximate surface area is 189 Å². The van der Waals surface area contributed by atoms with Crippen LogP contribution in [0.1, 0.15) is 37.8 Å². The van der Waals surface area contributed by atoms with Gasteiger partial charge in [0.1, 0.15) is 6.54 Å². The smallest absolute Gasteiger partial charge is 0.332 e. The first-order valence-electron chi connectivity index (χ1n) is 11.1. The van der Waals surface area contributed by atoms with Gasteiger partial charge in [-0.2, -0.15) is 0 Å². The number of fused-ring (bicyclic) bond motifs is 2. The van der Waals surface area contributed by atoms with Gasteiger partial charge in [0.25, 0.3) is 0 Å². The Kier molecular flexibility index (Phi) is 6.51. The van der Waals surface area contributed by atoms with Crippen LogP contribution in [0.5, 0.6) is 0 Å². The molecule has 2 atom stereocenters. The molecule has 166 valence electrons. The van der Waals surface area contributed by atoms with Gasteiger partial charge in [0.05, 0.1) is 23.7 Å². The molecular weight excluding hydrogens is 402 g/mol. The van der Waals surface area contributed by atoms with Crippen LogP contribution in [0, 0.1) is 0 Å². The molecule has 4 rings (SSSR count). The summed E-state index contributed by atoms with van der Waals surface area (Å²) in [4.78, 5) is 34.7. The molecule has 6 heteroatoms. The Morgan fingerprint density at radius 3 is 2.53 bits per heavy atom. The lowest BCUT2D eigenvalue weighted by Gasteiger charge is -2.33. The largest absolute Gasteiger partial charge is 0.433 e. The maximum Gasteiger partial charge on any atom is 0.332 e. The van der Waals surface area contributed by atoms with Crippen LogP contribution in [0.2, 0.25) is 0 Å². The highest BCUT2D eigenvalue weighted by Crippen LogP contribution is 2.29. The number of hydrogen-bond acceptors (Lipinski definition) is 5. The van der Waals surface area contributed by atoms with Crippen molar-refractivity contribution in [1.82, 2.24) is 4.90 Å².